The summed E-state index contributed by atoms with van der Waals surface area (Å²) >= 11 is 0. The van der Waals surface area contributed by atoms with Gasteiger partial charge in [0.25, 0.3) is 0 Å². The molecular weight excluding hydrogens is 258 g/mol. The van der Waals surface area contributed by atoms with Crippen LogP contribution in [0.15, 0.2) is 30.3 Å². The average molecular weight is 285 g/mol. The van der Waals surface area contributed by atoms with Gasteiger partial charge in [0, 0.05) is 31.2 Å². The van der Waals surface area contributed by atoms with Crippen LogP contribution in [0, 0.1) is 5.92 Å². The number of nitrogens with one attached hydrogen (secondary N) is 1. The molecule has 1 N–H and O–H groups in total. The number of aromatic nitrogens is 1. The second kappa shape index (κ2) is 7.41. The molecule has 0 spiro atoms. The summed E-state index contributed by atoms with van der Waals surface area (Å²) in [7, 11) is 2.19. The van der Waals surface area contributed by atoms with Crippen LogP contribution in [0.5, 0.6) is 0 Å². The van der Waals surface area contributed by atoms with Gasteiger partial charge in [-0.3, -0.25) is 4.98 Å². The maximum atomic E-state index is 4.77. The number of pyridine rings is 1. The minimum absolute atomic E-state index is 0.694. The maximum Gasteiger partial charge on any atom is 0.0726 e. The van der Waals surface area contributed by atoms with Crippen molar-refractivity contribution in [3.63, 3.8) is 0 Å². The third-order valence-electron chi connectivity index (χ3n) is 4.00. The molecule has 1 atom stereocenters. The molecule has 0 bridgehead atoms. The summed E-state index contributed by atoms with van der Waals surface area (Å²) in [6.45, 7) is 9.54. The van der Waals surface area contributed by atoms with Crippen molar-refractivity contribution >= 4 is 16.6 Å². The zero-order valence-electron chi connectivity index (χ0n) is 13.7. The lowest BCUT2D eigenvalue weighted by Crippen LogP contribution is -2.24. The predicted molar refractivity (Wildman–Crippen MR) is 91.8 cm³/mol. The van der Waals surface area contributed by atoms with Gasteiger partial charge >= 0.3 is 0 Å². The van der Waals surface area contributed by atoms with Crippen LogP contribution in [0.2, 0.25) is 0 Å². The molecule has 0 aliphatic heterocycles. The number of benzene rings is 1. The maximum absolute atomic E-state index is 4.77. The summed E-state index contributed by atoms with van der Waals surface area (Å²) in [5.41, 5.74) is 3.48. The van der Waals surface area contributed by atoms with E-state index in [-0.39, 0.29) is 0 Å². The Morgan fingerprint density at radius 1 is 1.24 bits per heavy atom. The van der Waals surface area contributed by atoms with Gasteiger partial charge in [-0.25, -0.2) is 0 Å². The lowest BCUT2D eigenvalue weighted by Gasteiger charge is -2.25. The molecule has 3 heteroatoms. The zero-order valence-corrected chi connectivity index (χ0v) is 13.7. The number of fused-ring (bicyclic) bond motifs is 1. The SMILES string of the molecule is CCNCc1cc(N(C)CC(C)CC)c2ccccc2n1. The van der Waals surface area contributed by atoms with E-state index < -0.39 is 0 Å². The molecular formula is C18H27N3. The normalized spacial score (nSPS) is 12.6. The van der Waals surface area contributed by atoms with Crippen LogP contribution < -0.4 is 10.2 Å². The Morgan fingerprint density at radius 2 is 2.00 bits per heavy atom. The number of hydrogen-bond donors (Lipinski definition) is 1. The lowest BCUT2D eigenvalue weighted by atomic mass is 10.1. The quantitative estimate of drug-likeness (QED) is 0.838. The highest BCUT2D eigenvalue weighted by Crippen LogP contribution is 2.26. The van der Waals surface area contributed by atoms with E-state index in [1.807, 2.05) is 0 Å². The molecule has 0 amide bonds. The highest BCUT2D eigenvalue weighted by molar-refractivity contribution is 5.91. The average Bonchev–Trinajstić information content (AvgIpc) is 2.51. The molecule has 1 aromatic carbocycles. The number of rotatable bonds is 7. The molecule has 0 saturated carbocycles. The lowest BCUT2D eigenvalue weighted by molar-refractivity contribution is 0.560. The van der Waals surface area contributed by atoms with Gasteiger partial charge in [-0.05, 0) is 24.6 Å². The summed E-state index contributed by atoms with van der Waals surface area (Å²) in [5, 5.41) is 4.61. The Bertz CT molecular complexity index is 580. The molecule has 0 fully saturated rings. The third-order valence-corrected chi connectivity index (χ3v) is 4.00. The first-order valence-corrected chi connectivity index (χ1v) is 7.96. The number of anilines is 1. The van der Waals surface area contributed by atoms with E-state index in [4.69, 9.17) is 4.98 Å². The van der Waals surface area contributed by atoms with Crippen molar-refractivity contribution in [2.24, 2.45) is 5.92 Å². The van der Waals surface area contributed by atoms with E-state index in [0.29, 0.717) is 5.92 Å². The molecule has 2 aromatic rings. The summed E-state index contributed by atoms with van der Waals surface area (Å²) in [6, 6.07) is 10.7. The second-order valence-corrected chi connectivity index (χ2v) is 5.82. The molecule has 2 rings (SSSR count). The highest BCUT2D eigenvalue weighted by Gasteiger charge is 2.11. The molecule has 0 saturated heterocycles. The number of hydrogen-bond acceptors (Lipinski definition) is 3. The molecule has 1 aromatic heterocycles. The Hall–Kier alpha value is -1.61. The van der Waals surface area contributed by atoms with Crippen LogP contribution in [0.1, 0.15) is 32.9 Å². The first-order valence-electron chi connectivity index (χ1n) is 7.96. The number of para-hydroxylation sites is 1. The summed E-state index contributed by atoms with van der Waals surface area (Å²) in [6.07, 6.45) is 1.21. The highest BCUT2D eigenvalue weighted by atomic mass is 15.1. The van der Waals surface area contributed by atoms with Crippen molar-refractivity contribution in [2.45, 2.75) is 33.7 Å². The van der Waals surface area contributed by atoms with Gasteiger partial charge in [0.15, 0.2) is 0 Å². The fourth-order valence-corrected chi connectivity index (χ4v) is 2.56. The predicted octanol–water partition coefficient (Wildman–Crippen LogP) is 3.83. The van der Waals surface area contributed by atoms with Gasteiger partial charge in [0.2, 0.25) is 0 Å². The molecule has 114 valence electrons. The summed E-state index contributed by atoms with van der Waals surface area (Å²) in [5.74, 6) is 0.694. The third kappa shape index (κ3) is 3.94. The summed E-state index contributed by atoms with van der Waals surface area (Å²) < 4.78 is 0. The first kappa shape index (κ1) is 15.8. The van der Waals surface area contributed by atoms with Crippen LogP contribution in [0.25, 0.3) is 10.9 Å². The fraction of sp³-hybridized carbons (Fsp3) is 0.500. The molecule has 0 aliphatic rings. The van der Waals surface area contributed by atoms with E-state index in [1.165, 1.54) is 17.5 Å². The van der Waals surface area contributed by atoms with E-state index in [9.17, 15) is 0 Å². The van der Waals surface area contributed by atoms with Crippen molar-refractivity contribution in [2.75, 3.05) is 25.0 Å². The van der Waals surface area contributed by atoms with Crippen molar-refractivity contribution in [3.05, 3.63) is 36.0 Å². The number of nitrogens with zero attached hydrogens (tertiary/aromatic N) is 2. The molecule has 3 nitrogen and oxygen atoms in total. The Balaban J connectivity index is 2.38. The van der Waals surface area contributed by atoms with Crippen LogP contribution in [0.4, 0.5) is 5.69 Å². The van der Waals surface area contributed by atoms with Gasteiger partial charge in [-0.15, -0.1) is 0 Å². The van der Waals surface area contributed by atoms with Gasteiger partial charge in [0.05, 0.1) is 11.2 Å². The van der Waals surface area contributed by atoms with Crippen molar-refractivity contribution in [3.8, 4) is 0 Å². The van der Waals surface area contributed by atoms with E-state index in [2.05, 4.69) is 68.4 Å². The van der Waals surface area contributed by atoms with Crippen molar-refractivity contribution in [1.29, 1.82) is 0 Å². The molecule has 1 unspecified atom stereocenters. The standard InChI is InChI=1S/C18H27N3/c1-5-14(3)13-21(4)18-11-15(12-19-6-2)20-17-10-8-7-9-16(17)18/h7-11,14,19H,5-6,12-13H2,1-4H3. The van der Waals surface area contributed by atoms with Crippen LogP contribution >= 0.6 is 0 Å². The van der Waals surface area contributed by atoms with Crippen molar-refractivity contribution < 1.29 is 0 Å². The molecule has 21 heavy (non-hydrogen) atoms. The van der Waals surface area contributed by atoms with Gasteiger partial charge in [-0.1, -0.05) is 45.4 Å². The van der Waals surface area contributed by atoms with Gasteiger partial charge in [-0.2, -0.15) is 0 Å². The Labute approximate surface area is 128 Å². The minimum Gasteiger partial charge on any atom is -0.374 e. The topological polar surface area (TPSA) is 28.2 Å². The van der Waals surface area contributed by atoms with Gasteiger partial charge in [0.1, 0.15) is 0 Å². The van der Waals surface area contributed by atoms with Crippen molar-refractivity contribution in [1.82, 2.24) is 10.3 Å². The molecule has 0 radical (unpaired) electrons. The van der Waals surface area contributed by atoms with E-state index in [1.54, 1.807) is 0 Å². The second-order valence-electron chi connectivity index (χ2n) is 5.82. The Morgan fingerprint density at radius 3 is 2.71 bits per heavy atom. The first-order chi connectivity index (χ1) is 10.2. The summed E-state index contributed by atoms with van der Waals surface area (Å²) in [4.78, 5) is 7.13. The fourth-order valence-electron chi connectivity index (χ4n) is 2.56. The van der Waals surface area contributed by atoms with E-state index >= 15 is 0 Å². The van der Waals surface area contributed by atoms with Crippen LogP contribution in [-0.4, -0.2) is 25.1 Å². The van der Waals surface area contributed by atoms with Crippen LogP contribution in [-0.2, 0) is 6.54 Å². The van der Waals surface area contributed by atoms with E-state index in [0.717, 1.165) is 30.8 Å². The largest absolute Gasteiger partial charge is 0.374 e. The monoisotopic (exact) mass is 285 g/mol. The zero-order chi connectivity index (χ0) is 15.2. The smallest absolute Gasteiger partial charge is 0.0726 e. The Kier molecular flexibility index (Phi) is 5.57. The molecule has 1 heterocycles. The minimum atomic E-state index is 0.694. The molecule has 0 aliphatic carbocycles. The van der Waals surface area contributed by atoms with Crippen LogP contribution in [0.3, 0.4) is 0 Å². The van der Waals surface area contributed by atoms with Gasteiger partial charge < -0.3 is 10.2 Å².